The molecule has 4 aromatic rings. The van der Waals surface area contributed by atoms with E-state index in [4.69, 9.17) is 20.5 Å². The van der Waals surface area contributed by atoms with E-state index in [-0.39, 0.29) is 23.8 Å². The number of carbonyl (C=O) groups excluding carboxylic acids is 1. The standard InChI is InChI=1S/C32H27FN4O5/c33-26-14-19(16-34)4-5-23(26)18-42-29-3-1-2-27(37-29)20-6-8-21(9-7-20)30(31(35)38)25-11-10-22(32(39)40)15-28(25)36-17-24-12-13-41-24/h1-11,14-15,24,30,36H,12-13,17-18H2,(H2,35,38)(H,39,40)/t24-,30-/m0/s1. The molecule has 1 amide bonds. The van der Waals surface area contributed by atoms with Gasteiger partial charge in [-0.05, 0) is 47.9 Å². The number of anilines is 1. The maximum Gasteiger partial charge on any atom is 0.335 e. The third-order valence-electron chi connectivity index (χ3n) is 7.03. The lowest BCUT2D eigenvalue weighted by Crippen LogP contribution is -2.34. The second-order valence-electron chi connectivity index (χ2n) is 9.79. The highest BCUT2D eigenvalue weighted by molar-refractivity contribution is 5.92. The second kappa shape index (κ2) is 12.5. The number of nitrogens with two attached hydrogens (primary N) is 1. The number of aromatic nitrogens is 1. The Bertz CT molecular complexity index is 1660. The zero-order chi connectivity index (χ0) is 29.6. The van der Waals surface area contributed by atoms with Crippen molar-refractivity contribution < 1.29 is 28.6 Å². The normalized spacial score (nSPS) is 14.7. The number of ether oxygens (including phenoxy) is 2. The number of primary amides is 1. The Balaban J connectivity index is 1.36. The first-order valence-corrected chi connectivity index (χ1v) is 13.2. The van der Waals surface area contributed by atoms with Crippen LogP contribution in [0.2, 0.25) is 0 Å². The van der Waals surface area contributed by atoms with Crippen molar-refractivity contribution >= 4 is 17.6 Å². The molecular weight excluding hydrogens is 539 g/mol. The summed E-state index contributed by atoms with van der Waals surface area (Å²) < 4.78 is 25.4. The summed E-state index contributed by atoms with van der Waals surface area (Å²) in [5, 5.41) is 21.6. The van der Waals surface area contributed by atoms with Crippen LogP contribution in [0.3, 0.4) is 0 Å². The van der Waals surface area contributed by atoms with Crippen molar-refractivity contribution in [2.45, 2.75) is 25.0 Å². The minimum Gasteiger partial charge on any atom is -0.478 e. The molecule has 42 heavy (non-hydrogen) atoms. The highest BCUT2D eigenvalue weighted by Gasteiger charge is 2.25. The van der Waals surface area contributed by atoms with Crippen LogP contribution in [0.5, 0.6) is 5.88 Å². The number of nitrogens with zero attached hydrogens (tertiary/aromatic N) is 2. The third kappa shape index (κ3) is 6.37. The lowest BCUT2D eigenvalue weighted by Gasteiger charge is -2.28. The van der Waals surface area contributed by atoms with Gasteiger partial charge in [0.1, 0.15) is 12.4 Å². The van der Waals surface area contributed by atoms with E-state index in [0.29, 0.717) is 47.1 Å². The van der Waals surface area contributed by atoms with Gasteiger partial charge in [0.2, 0.25) is 11.8 Å². The zero-order valence-corrected chi connectivity index (χ0v) is 22.4. The SMILES string of the molecule is N#Cc1ccc(COc2cccc(-c3ccc([C@H](C(N)=O)c4ccc(C(=O)O)cc4NC[C@@H]4CCO4)cc3)n2)c(F)c1. The van der Waals surface area contributed by atoms with Gasteiger partial charge in [0, 0.05) is 36.0 Å². The maximum atomic E-state index is 14.2. The minimum absolute atomic E-state index is 0.0213. The first-order chi connectivity index (χ1) is 20.3. The van der Waals surface area contributed by atoms with E-state index >= 15 is 0 Å². The summed E-state index contributed by atoms with van der Waals surface area (Å²) >= 11 is 0. The Morgan fingerprint density at radius 1 is 1.14 bits per heavy atom. The number of amides is 1. The number of hydrogen-bond acceptors (Lipinski definition) is 7. The minimum atomic E-state index is -1.08. The molecule has 212 valence electrons. The van der Waals surface area contributed by atoms with Crippen LogP contribution in [0.15, 0.2) is 78.9 Å². The Kier molecular flexibility index (Phi) is 8.41. The number of carboxylic acid groups (broad SMARTS) is 1. The number of halogens is 1. The van der Waals surface area contributed by atoms with Crippen molar-refractivity contribution in [3.8, 4) is 23.2 Å². The molecule has 2 heterocycles. The number of carboxylic acids is 1. The molecule has 1 aliphatic rings. The molecule has 2 atom stereocenters. The van der Waals surface area contributed by atoms with Gasteiger partial charge in [0.25, 0.3) is 0 Å². The van der Waals surface area contributed by atoms with Crippen LogP contribution in [0, 0.1) is 17.1 Å². The number of benzene rings is 3. The number of carbonyl (C=O) groups is 2. The Labute approximate surface area is 241 Å². The number of nitrogens with one attached hydrogen (secondary N) is 1. The molecule has 5 rings (SSSR count). The monoisotopic (exact) mass is 566 g/mol. The van der Waals surface area contributed by atoms with Crippen molar-refractivity contribution in [3.63, 3.8) is 0 Å². The molecule has 0 bridgehead atoms. The molecule has 0 radical (unpaired) electrons. The highest BCUT2D eigenvalue weighted by atomic mass is 19.1. The summed E-state index contributed by atoms with van der Waals surface area (Å²) in [4.78, 5) is 28.8. The number of rotatable bonds is 11. The van der Waals surface area contributed by atoms with Crippen molar-refractivity contribution in [1.29, 1.82) is 5.26 Å². The van der Waals surface area contributed by atoms with Crippen molar-refractivity contribution in [1.82, 2.24) is 4.98 Å². The first-order valence-electron chi connectivity index (χ1n) is 13.2. The first kappa shape index (κ1) is 28.3. The van der Waals surface area contributed by atoms with E-state index in [0.717, 1.165) is 18.1 Å². The summed E-state index contributed by atoms with van der Waals surface area (Å²) in [6.07, 6.45) is 0.918. The largest absolute Gasteiger partial charge is 0.478 e. The van der Waals surface area contributed by atoms with E-state index in [1.54, 1.807) is 48.5 Å². The predicted molar refractivity (Wildman–Crippen MR) is 152 cm³/mol. The molecule has 10 heteroatoms. The molecule has 0 saturated carbocycles. The molecule has 0 unspecified atom stereocenters. The molecule has 9 nitrogen and oxygen atoms in total. The lowest BCUT2D eigenvalue weighted by molar-refractivity contribution is -0.118. The van der Waals surface area contributed by atoms with Gasteiger partial charge < -0.3 is 25.6 Å². The Morgan fingerprint density at radius 3 is 2.57 bits per heavy atom. The molecule has 1 aromatic heterocycles. The van der Waals surface area contributed by atoms with Crippen LogP contribution in [-0.2, 0) is 16.1 Å². The smallest absolute Gasteiger partial charge is 0.335 e. The summed E-state index contributed by atoms with van der Waals surface area (Å²) in [5.74, 6) is -2.74. The second-order valence-corrected chi connectivity index (χ2v) is 9.79. The molecule has 1 saturated heterocycles. The predicted octanol–water partition coefficient (Wildman–Crippen LogP) is 4.85. The fourth-order valence-electron chi connectivity index (χ4n) is 4.65. The molecular formula is C32H27FN4O5. The summed E-state index contributed by atoms with van der Waals surface area (Å²) in [6, 6.07) is 23.0. The molecule has 1 fully saturated rings. The average Bonchev–Trinajstić information content (AvgIpc) is 2.96. The van der Waals surface area contributed by atoms with E-state index in [2.05, 4.69) is 10.3 Å². The van der Waals surface area contributed by atoms with Crippen LogP contribution in [-0.4, -0.2) is 41.2 Å². The Hall–Kier alpha value is -5.27. The van der Waals surface area contributed by atoms with Crippen LogP contribution >= 0.6 is 0 Å². The van der Waals surface area contributed by atoms with Gasteiger partial charge in [-0.1, -0.05) is 42.5 Å². The van der Waals surface area contributed by atoms with E-state index in [1.165, 1.54) is 24.3 Å². The fourth-order valence-corrected chi connectivity index (χ4v) is 4.65. The van der Waals surface area contributed by atoms with Crippen LogP contribution in [0.1, 0.15) is 45.0 Å². The number of pyridine rings is 1. The zero-order valence-electron chi connectivity index (χ0n) is 22.4. The average molecular weight is 567 g/mol. The van der Waals surface area contributed by atoms with Gasteiger partial charge in [-0.3, -0.25) is 4.79 Å². The Morgan fingerprint density at radius 2 is 1.93 bits per heavy atom. The van der Waals surface area contributed by atoms with Crippen molar-refractivity contribution in [3.05, 3.63) is 112 Å². The quantitative estimate of drug-likeness (QED) is 0.233. The summed E-state index contributed by atoms with van der Waals surface area (Å²) in [7, 11) is 0. The van der Waals surface area contributed by atoms with Gasteiger partial charge in [0.05, 0.1) is 34.9 Å². The molecule has 0 aliphatic carbocycles. The summed E-state index contributed by atoms with van der Waals surface area (Å²) in [6.45, 7) is 1.10. The van der Waals surface area contributed by atoms with Crippen LogP contribution in [0.4, 0.5) is 10.1 Å². The number of aromatic carboxylic acids is 1. The van der Waals surface area contributed by atoms with Crippen LogP contribution in [0.25, 0.3) is 11.3 Å². The number of nitriles is 1. The summed E-state index contributed by atoms with van der Waals surface area (Å²) in [5.41, 5.74) is 9.51. The van der Waals surface area contributed by atoms with Gasteiger partial charge in [-0.25, -0.2) is 14.2 Å². The third-order valence-corrected chi connectivity index (χ3v) is 7.03. The van der Waals surface area contributed by atoms with Gasteiger partial charge in [-0.2, -0.15) is 5.26 Å². The fraction of sp³-hybridized carbons (Fsp3) is 0.188. The lowest BCUT2D eigenvalue weighted by atomic mass is 9.88. The molecule has 1 aliphatic heterocycles. The van der Waals surface area contributed by atoms with Crippen LogP contribution < -0.4 is 15.8 Å². The van der Waals surface area contributed by atoms with Gasteiger partial charge >= 0.3 is 5.97 Å². The van der Waals surface area contributed by atoms with E-state index in [9.17, 15) is 19.1 Å². The van der Waals surface area contributed by atoms with Crippen molar-refractivity contribution in [2.24, 2.45) is 5.73 Å². The number of hydrogen-bond donors (Lipinski definition) is 3. The molecule has 0 spiro atoms. The van der Waals surface area contributed by atoms with Gasteiger partial charge in [0.15, 0.2) is 0 Å². The topological polar surface area (TPSA) is 148 Å². The van der Waals surface area contributed by atoms with E-state index in [1.807, 2.05) is 6.07 Å². The highest BCUT2D eigenvalue weighted by Crippen LogP contribution is 2.33. The molecule has 3 aromatic carbocycles. The molecule has 4 N–H and O–H groups in total. The van der Waals surface area contributed by atoms with Gasteiger partial charge in [-0.15, -0.1) is 0 Å². The maximum absolute atomic E-state index is 14.2. The van der Waals surface area contributed by atoms with Crippen molar-refractivity contribution in [2.75, 3.05) is 18.5 Å². The van der Waals surface area contributed by atoms with E-state index < -0.39 is 23.6 Å².